The predicted molar refractivity (Wildman–Crippen MR) is 472 cm³/mol. The van der Waals surface area contributed by atoms with Crippen LogP contribution in [0.1, 0.15) is 359 Å². The molecule has 0 unspecified atom stereocenters. The Balaban J connectivity index is 0.000000144. The van der Waals surface area contributed by atoms with Crippen molar-refractivity contribution in [1.82, 2.24) is 0 Å². The van der Waals surface area contributed by atoms with E-state index < -0.39 is 11.9 Å². The van der Waals surface area contributed by atoms with Gasteiger partial charge in [-0.2, -0.15) is 0 Å². The van der Waals surface area contributed by atoms with Crippen LogP contribution >= 0.6 is 0 Å². The van der Waals surface area contributed by atoms with Crippen LogP contribution in [0.3, 0.4) is 0 Å². The highest BCUT2D eigenvalue weighted by atomic mass is 16.5. The van der Waals surface area contributed by atoms with Crippen molar-refractivity contribution in [2.75, 3.05) is 0 Å². The number of phenols is 5. The van der Waals surface area contributed by atoms with Gasteiger partial charge in [0.1, 0.15) is 96.6 Å². The molecule has 0 saturated heterocycles. The van der Waals surface area contributed by atoms with Gasteiger partial charge in [0.05, 0.1) is 5.56 Å². The number of unbranched alkanes of at least 4 members (excludes halogenated alkanes) is 8. The van der Waals surface area contributed by atoms with Crippen LogP contribution in [0.2, 0.25) is 0 Å². The maximum Gasteiger partial charge on any atom is 0.339 e. The quantitative estimate of drug-likeness (QED) is 0.0314. The standard InChI is InChI=1S/C22H30O4.2C21H30O2.C21H26O2.C18H22O4/c1-5-6-7-8-14-12-17-19(20(23)18(14)21(24)25)15-11-13(2)9-10-16(15)22(3,4)26-17;3*1-5-6-7-8-15-12-18(22)20-16-11-14(2)9-10-17(16)21(3,4)23-19(20)13-15;1-9-5-6-12-11(7-9)15-13(22-18(12,3)4)8-10(2)14(16(15)19)17(20)21/h11-12,15-16,23H,5-10H2,1-4H3,(H,24,25);2*11-13,16-17,22H,5-10H2,1-4H3;9-13,22H,5-8H2,1-4H3;7-8,11-12,19H,5-6H2,1-4H3,(H,20,21)/t15-,16-;2*16-,17-;;11-,12-/m111.1/s1. The Bertz CT molecular complexity index is 4650. The van der Waals surface area contributed by atoms with Crippen molar-refractivity contribution in [3.63, 3.8) is 0 Å². The smallest absolute Gasteiger partial charge is 0.339 e. The summed E-state index contributed by atoms with van der Waals surface area (Å²) in [6.07, 6.45) is 35.1. The first kappa shape index (κ1) is 89.0. The molecule has 0 radical (unpaired) electrons. The number of rotatable bonds is 18. The minimum absolute atomic E-state index is 0.00490. The van der Waals surface area contributed by atoms with Crippen LogP contribution in [0.15, 0.2) is 113 Å². The van der Waals surface area contributed by atoms with Gasteiger partial charge in [-0.05, 0) is 295 Å². The van der Waals surface area contributed by atoms with Crippen molar-refractivity contribution >= 4 is 11.9 Å². The molecule has 14 heteroatoms. The summed E-state index contributed by atoms with van der Waals surface area (Å²) < 4.78 is 31.4. The summed E-state index contributed by atoms with van der Waals surface area (Å²) in [6.45, 7) is 42.4. The van der Waals surface area contributed by atoms with Crippen LogP contribution in [0.5, 0.6) is 57.5 Å². The molecule has 8 atom stereocenters. The number of ether oxygens (including phenoxy) is 5. The van der Waals surface area contributed by atoms with Gasteiger partial charge >= 0.3 is 11.9 Å². The molecule has 0 amide bonds. The first-order valence-corrected chi connectivity index (χ1v) is 44.3. The van der Waals surface area contributed by atoms with E-state index in [0.717, 1.165) is 147 Å². The summed E-state index contributed by atoms with van der Waals surface area (Å²) in [5, 5.41) is 72.6. The van der Waals surface area contributed by atoms with Crippen molar-refractivity contribution in [3.8, 4) is 68.6 Å². The third kappa shape index (κ3) is 19.4. The molecule has 634 valence electrons. The second-order valence-electron chi connectivity index (χ2n) is 38.2. The van der Waals surface area contributed by atoms with Crippen molar-refractivity contribution in [2.45, 2.75) is 344 Å². The first-order chi connectivity index (χ1) is 55.2. The van der Waals surface area contributed by atoms with Crippen molar-refractivity contribution < 1.29 is 69.0 Å². The van der Waals surface area contributed by atoms with E-state index in [1.165, 1.54) is 90.3 Å². The fraction of sp³-hybridized carbons (Fsp3) is 0.553. The summed E-state index contributed by atoms with van der Waals surface area (Å²) in [4.78, 5) is 23.4. The molecule has 0 spiro atoms. The Morgan fingerprint density at radius 2 is 0.709 bits per heavy atom. The molecule has 7 N–H and O–H groups in total. The number of hydrogen-bond donors (Lipinski definition) is 7. The highest BCUT2D eigenvalue weighted by Crippen LogP contribution is 2.60. The summed E-state index contributed by atoms with van der Waals surface area (Å²) in [7, 11) is 0. The van der Waals surface area contributed by atoms with Gasteiger partial charge in [0.25, 0.3) is 0 Å². The molecule has 0 saturated carbocycles. The third-order valence-corrected chi connectivity index (χ3v) is 26.9. The lowest BCUT2D eigenvalue weighted by atomic mass is 9.67. The molecule has 5 heterocycles. The molecule has 0 aromatic heterocycles. The minimum atomic E-state index is -1.10. The molecule has 4 aliphatic carbocycles. The molecule has 6 aromatic rings. The van der Waals surface area contributed by atoms with Gasteiger partial charge < -0.3 is 59.4 Å². The summed E-state index contributed by atoms with van der Waals surface area (Å²) in [6, 6.07) is 22.2. The van der Waals surface area contributed by atoms with E-state index in [1.807, 2.05) is 24.3 Å². The summed E-state index contributed by atoms with van der Waals surface area (Å²) in [5.41, 5.74) is 16.3. The number of carboxylic acid groups (broad SMARTS) is 2. The van der Waals surface area contributed by atoms with Gasteiger partial charge in [0, 0.05) is 75.2 Å². The van der Waals surface area contributed by atoms with Crippen LogP contribution < -0.4 is 23.7 Å². The molecule has 14 nitrogen and oxygen atoms in total. The van der Waals surface area contributed by atoms with E-state index in [-0.39, 0.29) is 86.1 Å². The number of benzene rings is 6. The number of phenolic OH excluding ortho intramolecular Hbond substituents is 3. The number of fused-ring (bicyclic) bond motifs is 15. The zero-order chi connectivity index (χ0) is 85.1. The monoisotopic (exact) mass is 1600 g/mol. The fourth-order valence-corrected chi connectivity index (χ4v) is 20.6. The van der Waals surface area contributed by atoms with Crippen LogP contribution in [0.25, 0.3) is 11.1 Å². The van der Waals surface area contributed by atoms with Gasteiger partial charge in [-0.1, -0.05) is 149 Å². The topological polar surface area (TPSA) is 222 Å². The maximum atomic E-state index is 11.9. The second kappa shape index (κ2) is 36.4. The maximum absolute atomic E-state index is 11.9. The molecular formula is C103H138O14. The molecule has 6 aromatic carbocycles. The first-order valence-electron chi connectivity index (χ1n) is 44.3. The second-order valence-corrected chi connectivity index (χ2v) is 38.2. The molecule has 15 rings (SSSR count). The van der Waals surface area contributed by atoms with Crippen LogP contribution in [0, 0.1) is 37.5 Å². The molecule has 5 aliphatic heterocycles. The lowest BCUT2D eigenvalue weighted by Crippen LogP contribution is -2.45. The predicted octanol–water partition coefficient (Wildman–Crippen LogP) is 26.6. The lowest BCUT2D eigenvalue weighted by molar-refractivity contribution is 0.0102. The molecule has 0 fully saturated rings. The molecule has 9 aliphatic rings. The van der Waals surface area contributed by atoms with Crippen LogP contribution in [0.4, 0.5) is 0 Å². The SMILES string of the molecule is CC1=C[C@H]2c3c(cc(C)c(C(=O)O)c3O)OC(C)(C)[C@@H]2CC1.CCCCCc1cc(O)c2c(c1)OC(C)(C)[C@@H]1CCC(C)=C[C@@H]21.CCCCCc1cc(O)c2c(c1)OC(C)(C)[C@@H]1CCC(C)=C[C@@H]21.CCCCCc1cc(O)c2c(c1)OC(C)(C)c1ccc(C)cc1-2.CCCCCc1cc2c(c(O)c1C(=O)O)[C@@H]1C=C(C)CC[C@H]1C(C)(C)O2. The number of aryl methyl sites for hydroxylation is 6. The summed E-state index contributed by atoms with van der Waals surface area (Å²) in [5.74, 6) is 4.56. The Hall–Kier alpha value is -8.78. The van der Waals surface area contributed by atoms with E-state index in [4.69, 9.17) is 23.7 Å². The van der Waals surface area contributed by atoms with Crippen molar-refractivity contribution in [3.05, 3.63) is 186 Å². The number of aromatic hydroxyl groups is 5. The average Bonchev–Trinajstić information content (AvgIpc) is 0.750. The van der Waals surface area contributed by atoms with E-state index in [2.05, 4.69) is 192 Å². The van der Waals surface area contributed by atoms with Gasteiger partial charge in [0.2, 0.25) is 0 Å². The van der Waals surface area contributed by atoms with E-state index in [0.29, 0.717) is 69.3 Å². The normalized spacial score (nSPS) is 22.8. The van der Waals surface area contributed by atoms with Crippen molar-refractivity contribution in [2.24, 2.45) is 23.7 Å². The van der Waals surface area contributed by atoms with Gasteiger partial charge in [-0.3, -0.25) is 0 Å². The minimum Gasteiger partial charge on any atom is -0.507 e. The summed E-state index contributed by atoms with van der Waals surface area (Å²) >= 11 is 0. The van der Waals surface area contributed by atoms with E-state index in [1.54, 1.807) is 13.0 Å². The van der Waals surface area contributed by atoms with Gasteiger partial charge in [-0.15, -0.1) is 0 Å². The zero-order valence-corrected chi connectivity index (χ0v) is 74.2. The lowest BCUT2D eigenvalue weighted by Gasteiger charge is -2.46. The molecule has 0 bridgehead atoms. The molecule has 117 heavy (non-hydrogen) atoms. The number of carbonyl (C=O) groups is 2. The fourth-order valence-electron chi connectivity index (χ4n) is 20.6. The number of allylic oxidation sites excluding steroid dienone is 8. The van der Waals surface area contributed by atoms with E-state index in [9.17, 15) is 45.3 Å². The van der Waals surface area contributed by atoms with Crippen LogP contribution in [-0.2, 0) is 31.3 Å². The Kier molecular flexibility index (Phi) is 27.7. The number of hydrogen-bond acceptors (Lipinski definition) is 12. The average molecular weight is 1600 g/mol. The molecular weight excluding hydrogens is 1460 g/mol. The van der Waals surface area contributed by atoms with E-state index >= 15 is 0 Å². The van der Waals surface area contributed by atoms with Gasteiger partial charge in [0.15, 0.2) is 0 Å². The highest BCUT2D eigenvalue weighted by molar-refractivity contribution is 5.95. The number of carboxylic acids is 2. The largest absolute Gasteiger partial charge is 0.507 e. The van der Waals surface area contributed by atoms with Crippen LogP contribution in [-0.4, -0.2) is 70.1 Å². The third-order valence-electron chi connectivity index (χ3n) is 26.9. The Morgan fingerprint density at radius 3 is 1.09 bits per heavy atom. The van der Waals surface area contributed by atoms with Crippen molar-refractivity contribution in [1.29, 1.82) is 0 Å². The van der Waals surface area contributed by atoms with Gasteiger partial charge in [-0.25, -0.2) is 9.59 Å². The Morgan fingerprint density at radius 1 is 0.376 bits per heavy atom. The number of aromatic carboxylic acids is 2. The zero-order valence-electron chi connectivity index (χ0n) is 74.2. The Labute approximate surface area is 699 Å². The highest BCUT2D eigenvalue weighted by Gasteiger charge is 2.50.